The van der Waals surface area contributed by atoms with Gasteiger partial charge in [0.15, 0.2) is 0 Å². The zero-order valence-electron chi connectivity index (χ0n) is 24.0. The molecule has 6 nitrogen and oxygen atoms in total. The van der Waals surface area contributed by atoms with Gasteiger partial charge in [-0.15, -0.1) is 11.3 Å². The van der Waals surface area contributed by atoms with Gasteiger partial charge in [0.25, 0.3) is 0 Å². The first-order chi connectivity index (χ1) is 19.7. The number of unbranched alkanes of at least 4 members (excludes halogenated alkanes) is 10. The molecule has 2 heterocycles. The standard InChI is InChI=1S/C32H43ClN6S/c1-3-5-7-9-11-17-23-39(24-18-12-10-8-6-4-2)32-37-30(33)36-31(38-32)35-26-20-14-13-19-25(26)29-34-27-21-15-16-22-28(27)40-29/h13-16,19-22H,3-12,17-18,23-24H2,1-2H3,(H,35,36,37,38). The van der Waals surface area contributed by atoms with Crippen molar-refractivity contribution in [1.29, 1.82) is 0 Å². The Labute approximate surface area is 248 Å². The van der Waals surface area contributed by atoms with Gasteiger partial charge in [0, 0.05) is 18.7 Å². The molecule has 2 aromatic carbocycles. The fourth-order valence-electron chi connectivity index (χ4n) is 4.90. The smallest absolute Gasteiger partial charge is 0.233 e. The maximum Gasteiger partial charge on any atom is 0.233 e. The number of rotatable bonds is 18. The highest BCUT2D eigenvalue weighted by atomic mass is 35.5. The summed E-state index contributed by atoms with van der Waals surface area (Å²) in [5.41, 5.74) is 2.91. The summed E-state index contributed by atoms with van der Waals surface area (Å²) in [5, 5.41) is 4.59. The second kappa shape index (κ2) is 16.5. The molecule has 1 N–H and O–H groups in total. The van der Waals surface area contributed by atoms with E-state index < -0.39 is 0 Å². The maximum atomic E-state index is 6.47. The highest BCUT2D eigenvalue weighted by Crippen LogP contribution is 2.35. The number of hydrogen-bond donors (Lipinski definition) is 1. The Kier molecular flexibility index (Phi) is 12.4. The van der Waals surface area contributed by atoms with Crippen LogP contribution in [-0.4, -0.2) is 33.0 Å². The minimum atomic E-state index is 0.209. The SMILES string of the molecule is CCCCCCCCN(CCCCCCCC)c1nc(Cl)nc(Nc2ccccc2-c2nc3ccccc3s2)n1. The molecule has 40 heavy (non-hydrogen) atoms. The van der Waals surface area contributed by atoms with E-state index in [4.69, 9.17) is 21.6 Å². The van der Waals surface area contributed by atoms with E-state index in [1.54, 1.807) is 11.3 Å². The largest absolute Gasteiger partial charge is 0.341 e. The average molecular weight is 579 g/mol. The predicted molar refractivity (Wildman–Crippen MR) is 172 cm³/mol. The Balaban J connectivity index is 1.49. The van der Waals surface area contributed by atoms with Gasteiger partial charge in [-0.1, -0.05) is 102 Å². The first-order valence-electron chi connectivity index (χ1n) is 15.1. The minimum Gasteiger partial charge on any atom is -0.341 e. The second-order valence-electron chi connectivity index (χ2n) is 10.4. The van der Waals surface area contributed by atoms with Crippen LogP contribution in [0, 0.1) is 0 Å². The molecular formula is C32H43ClN6S. The van der Waals surface area contributed by atoms with Crippen LogP contribution in [0.2, 0.25) is 5.28 Å². The molecule has 0 saturated carbocycles. The van der Waals surface area contributed by atoms with Crippen LogP contribution in [0.25, 0.3) is 20.8 Å². The zero-order chi connectivity index (χ0) is 28.0. The predicted octanol–water partition coefficient (Wildman–Crippen LogP) is 10.1. The third kappa shape index (κ3) is 9.13. The van der Waals surface area contributed by atoms with Gasteiger partial charge in [0.05, 0.1) is 15.9 Å². The molecule has 4 aromatic rings. The summed E-state index contributed by atoms with van der Waals surface area (Å²) in [4.78, 5) is 21.0. The van der Waals surface area contributed by atoms with Crippen LogP contribution >= 0.6 is 22.9 Å². The van der Waals surface area contributed by atoms with Gasteiger partial charge in [0.2, 0.25) is 17.2 Å². The number of halogens is 1. The van der Waals surface area contributed by atoms with E-state index in [-0.39, 0.29) is 5.28 Å². The molecule has 0 radical (unpaired) electrons. The number of anilines is 3. The van der Waals surface area contributed by atoms with Crippen LogP contribution in [0.15, 0.2) is 48.5 Å². The number of hydrogen-bond acceptors (Lipinski definition) is 7. The van der Waals surface area contributed by atoms with Crippen molar-refractivity contribution in [1.82, 2.24) is 19.9 Å². The molecule has 0 saturated heterocycles. The van der Waals surface area contributed by atoms with Gasteiger partial charge in [-0.25, -0.2) is 4.98 Å². The van der Waals surface area contributed by atoms with Gasteiger partial charge in [-0.05, 0) is 48.7 Å². The lowest BCUT2D eigenvalue weighted by atomic mass is 10.1. The summed E-state index contributed by atoms with van der Waals surface area (Å²) < 4.78 is 1.16. The Morgan fingerprint density at radius 1 is 0.700 bits per heavy atom. The van der Waals surface area contributed by atoms with E-state index in [1.165, 1.54) is 64.2 Å². The van der Waals surface area contributed by atoms with E-state index in [1.807, 2.05) is 36.4 Å². The number of thiazole rings is 1. The van der Waals surface area contributed by atoms with Crippen molar-refractivity contribution >= 4 is 50.7 Å². The lowest BCUT2D eigenvalue weighted by Crippen LogP contribution is -2.28. The second-order valence-corrected chi connectivity index (χ2v) is 11.8. The molecule has 214 valence electrons. The summed E-state index contributed by atoms with van der Waals surface area (Å²) >= 11 is 8.15. The van der Waals surface area contributed by atoms with Crippen molar-refractivity contribution in [3.05, 3.63) is 53.8 Å². The fraction of sp³-hybridized carbons (Fsp3) is 0.500. The number of aromatic nitrogens is 4. The lowest BCUT2D eigenvalue weighted by Gasteiger charge is -2.23. The molecule has 0 aliphatic rings. The Morgan fingerprint density at radius 3 is 2.02 bits per heavy atom. The van der Waals surface area contributed by atoms with Crippen LogP contribution in [0.3, 0.4) is 0 Å². The van der Waals surface area contributed by atoms with Gasteiger partial charge in [0.1, 0.15) is 5.01 Å². The molecule has 8 heteroatoms. The number of benzene rings is 2. The number of nitrogens with zero attached hydrogens (tertiary/aromatic N) is 5. The van der Waals surface area contributed by atoms with E-state index in [0.29, 0.717) is 11.9 Å². The highest BCUT2D eigenvalue weighted by molar-refractivity contribution is 7.21. The van der Waals surface area contributed by atoms with E-state index in [9.17, 15) is 0 Å². The van der Waals surface area contributed by atoms with E-state index in [2.05, 4.69) is 46.2 Å². The highest BCUT2D eigenvalue weighted by Gasteiger charge is 2.16. The first-order valence-corrected chi connectivity index (χ1v) is 16.3. The van der Waals surface area contributed by atoms with Gasteiger partial charge in [-0.3, -0.25) is 0 Å². The molecule has 0 spiro atoms. The maximum absolute atomic E-state index is 6.47. The van der Waals surface area contributed by atoms with Gasteiger partial charge in [-0.2, -0.15) is 15.0 Å². The van der Waals surface area contributed by atoms with Gasteiger partial charge >= 0.3 is 0 Å². The van der Waals surface area contributed by atoms with Crippen molar-refractivity contribution < 1.29 is 0 Å². The lowest BCUT2D eigenvalue weighted by molar-refractivity contribution is 0.570. The molecule has 0 atom stereocenters. The molecule has 0 fully saturated rings. The molecule has 0 bridgehead atoms. The Morgan fingerprint density at radius 2 is 1.32 bits per heavy atom. The molecule has 4 rings (SSSR count). The molecular weight excluding hydrogens is 536 g/mol. The van der Waals surface area contributed by atoms with Crippen molar-refractivity contribution in [2.24, 2.45) is 0 Å². The first kappa shape index (κ1) is 30.2. The van der Waals surface area contributed by atoms with Crippen molar-refractivity contribution in [2.45, 2.75) is 90.9 Å². The molecule has 0 amide bonds. The third-order valence-electron chi connectivity index (χ3n) is 7.14. The minimum absolute atomic E-state index is 0.209. The van der Waals surface area contributed by atoms with Crippen LogP contribution in [-0.2, 0) is 0 Å². The quantitative estimate of drug-likeness (QED) is 0.118. The topological polar surface area (TPSA) is 66.8 Å². The molecule has 0 aliphatic carbocycles. The number of para-hydroxylation sites is 2. The number of fused-ring (bicyclic) bond motifs is 1. The summed E-state index contributed by atoms with van der Waals surface area (Å²) in [5.74, 6) is 1.11. The van der Waals surface area contributed by atoms with Crippen LogP contribution in [0.4, 0.5) is 17.6 Å². The number of nitrogens with one attached hydrogen (secondary N) is 1. The Bertz CT molecular complexity index is 1260. The van der Waals surface area contributed by atoms with E-state index in [0.717, 1.165) is 52.4 Å². The molecule has 2 aromatic heterocycles. The summed E-state index contributed by atoms with van der Waals surface area (Å²) in [6, 6.07) is 16.4. The van der Waals surface area contributed by atoms with Crippen LogP contribution in [0.5, 0.6) is 0 Å². The normalized spacial score (nSPS) is 11.3. The van der Waals surface area contributed by atoms with Crippen LogP contribution in [0.1, 0.15) is 90.9 Å². The summed E-state index contributed by atoms with van der Waals surface area (Å²) in [6.45, 7) is 6.39. The monoisotopic (exact) mass is 578 g/mol. The van der Waals surface area contributed by atoms with Crippen molar-refractivity contribution in [2.75, 3.05) is 23.3 Å². The van der Waals surface area contributed by atoms with E-state index >= 15 is 0 Å². The zero-order valence-corrected chi connectivity index (χ0v) is 25.6. The summed E-state index contributed by atoms with van der Waals surface area (Å²) in [6.07, 6.45) is 15.1. The fourth-order valence-corrected chi connectivity index (χ4v) is 6.06. The molecule has 0 aliphatic heterocycles. The van der Waals surface area contributed by atoms with Crippen molar-refractivity contribution in [3.63, 3.8) is 0 Å². The van der Waals surface area contributed by atoms with Crippen LogP contribution < -0.4 is 10.2 Å². The molecule has 0 unspecified atom stereocenters. The Hall–Kier alpha value is -2.77. The van der Waals surface area contributed by atoms with Gasteiger partial charge < -0.3 is 10.2 Å². The van der Waals surface area contributed by atoms with Crippen molar-refractivity contribution in [3.8, 4) is 10.6 Å². The average Bonchev–Trinajstić information content (AvgIpc) is 3.40. The summed E-state index contributed by atoms with van der Waals surface area (Å²) in [7, 11) is 0. The third-order valence-corrected chi connectivity index (χ3v) is 8.38.